The van der Waals surface area contributed by atoms with Gasteiger partial charge in [0.15, 0.2) is 0 Å². The second-order valence-corrected chi connectivity index (χ2v) is 25.3. The molecule has 7 nitrogen and oxygen atoms in total. The molecular formula is C80H85N7Pt-2. The summed E-state index contributed by atoms with van der Waals surface area (Å²) in [5.74, 6) is 0.635. The van der Waals surface area contributed by atoms with Crippen LogP contribution < -0.4 is 9.47 Å². The molecular weight excluding hydrogens is 1250 g/mol. The maximum absolute atomic E-state index is 10.6. The van der Waals surface area contributed by atoms with Gasteiger partial charge in [0.25, 0.3) is 6.33 Å². The number of pyridine rings is 1. The molecule has 452 valence electrons. The van der Waals surface area contributed by atoms with Crippen LogP contribution in [0.4, 0.5) is 17.3 Å². The first-order valence-electron chi connectivity index (χ1n) is 47.1. The van der Waals surface area contributed by atoms with E-state index in [1.54, 1.807) is 29.3 Å². The Labute approximate surface area is 591 Å². The second kappa shape index (κ2) is 21.4. The van der Waals surface area contributed by atoms with Crippen LogP contribution in [0.5, 0.6) is 0 Å². The van der Waals surface area contributed by atoms with Crippen LogP contribution >= 0.6 is 0 Å². The summed E-state index contributed by atoms with van der Waals surface area (Å²) in [5.41, 5.74) is -29.8. The Morgan fingerprint density at radius 2 is 1.10 bits per heavy atom. The van der Waals surface area contributed by atoms with Gasteiger partial charge < -0.3 is 14.0 Å². The first-order chi connectivity index (χ1) is 56.6. The van der Waals surface area contributed by atoms with Crippen LogP contribution in [0.3, 0.4) is 0 Å². The van der Waals surface area contributed by atoms with Crippen LogP contribution in [0.2, 0.25) is 0 Å². The van der Waals surface area contributed by atoms with E-state index in [-0.39, 0.29) is 54.8 Å². The molecule has 0 spiro atoms. The summed E-state index contributed by atoms with van der Waals surface area (Å²) in [4.78, 5) is 17.1. The van der Waals surface area contributed by atoms with Gasteiger partial charge in [-0.2, -0.15) is 24.3 Å². The van der Waals surface area contributed by atoms with E-state index in [1.807, 2.05) is 94.6 Å². The Bertz CT molecular complexity index is 5980. The Balaban J connectivity index is 0.0000144. The van der Waals surface area contributed by atoms with Crippen molar-refractivity contribution >= 4 is 50.2 Å². The first kappa shape index (κ1) is 30.4. The van der Waals surface area contributed by atoms with E-state index in [9.17, 15) is 35.6 Å². The number of hydrogen-bond acceptors (Lipinski definition) is 4. The number of rotatable bonds is 8. The van der Waals surface area contributed by atoms with E-state index in [0.717, 1.165) is 44.6 Å². The second-order valence-electron chi connectivity index (χ2n) is 25.3. The summed E-state index contributed by atoms with van der Waals surface area (Å²) in [6.07, 6.45) is -14.5. The van der Waals surface area contributed by atoms with Crippen LogP contribution in [0.15, 0.2) is 158 Å². The van der Waals surface area contributed by atoms with Crippen molar-refractivity contribution in [1.29, 1.82) is 0 Å². The molecule has 8 heteroatoms. The van der Waals surface area contributed by atoms with E-state index < -0.39 is 199 Å². The van der Waals surface area contributed by atoms with E-state index in [1.165, 1.54) is 34.9 Å². The third kappa shape index (κ3) is 10.5. The topological polar surface area (TPSA) is 55.6 Å². The Kier molecular flexibility index (Phi) is 7.37. The van der Waals surface area contributed by atoms with Gasteiger partial charge >= 0.3 is 0 Å². The van der Waals surface area contributed by atoms with Gasteiger partial charge in [0.1, 0.15) is 5.82 Å². The zero-order valence-electron chi connectivity index (χ0n) is 87.5. The van der Waals surface area contributed by atoms with E-state index in [0.29, 0.717) is 28.4 Å². The molecule has 2 aliphatic carbocycles. The third-order valence-electron chi connectivity index (χ3n) is 15.7. The maximum Gasteiger partial charge on any atom is 0.268 e. The number of para-hydroxylation sites is 4. The Morgan fingerprint density at radius 1 is 0.557 bits per heavy atom. The van der Waals surface area contributed by atoms with Gasteiger partial charge in [0.05, 0.1) is 36.3 Å². The number of anilines is 3. The van der Waals surface area contributed by atoms with Crippen molar-refractivity contribution in [2.45, 2.75) is 181 Å². The molecule has 7 aromatic carbocycles. The molecule has 0 bridgehead atoms. The smallest absolute Gasteiger partial charge is 0.268 e. The van der Waals surface area contributed by atoms with Gasteiger partial charge in [0, 0.05) is 87.5 Å². The molecule has 0 unspecified atom stereocenters. The normalized spacial score (nSPS) is 25.9. The zero-order valence-corrected chi connectivity index (χ0v) is 51.8. The van der Waals surface area contributed by atoms with Crippen LogP contribution in [0.1, 0.15) is 234 Å². The van der Waals surface area contributed by atoms with Crippen molar-refractivity contribution in [2.24, 2.45) is 0 Å². The van der Waals surface area contributed by atoms with Gasteiger partial charge in [-0.3, -0.25) is 4.57 Å². The quantitative estimate of drug-likeness (QED) is 0.112. The first-order valence-corrected chi connectivity index (χ1v) is 28.1. The molecule has 0 N–H and O–H groups in total. The van der Waals surface area contributed by atoms with E-state index in [4.69, 9.17) is 31.4 Å². The molecule has 13 rings (SSSR count). The molecule has 0 saturated carbocycles. The maximum atomic E-state index is 10.6. The summed E-state index contributed by atoms with van der Waals surface area (Å²) in [5, 5.41) is 1.59. The molecule has 0 atom stereocenters. The molecule has 88 heavy (non-hydrogen) atoms. The van der Waals surface area contributed by atoms with Gasteiger partial charge in [-0.25, -0.2) is 15.0 Å². The molecule has 0 amide bonds. The minimum Gasteiger partial charge on any atom is -0.328 e. The van der Waals surface area contributed by atoms with Gasteiger partial charge in [-0.1, -0.05) is 231 Å². The number of benzene rings is 7. The van der Waals surface area contributed by atoms with E-state index in [2.05, 4.69) is 39.2 Å². The number of nitrogens with zero attached hydrogens (tertiary/aromatic N) is 7. The van der Waals surface area contributed by atoms with Crippen LogP contribution in [-0.2, 0) is 59.0 Å². The fraction of sp³-hybridized carbons (Fsp3) is 0.350. The SMILES string of the molecule is [2H]c1c([2H])c2c(c([2H])c1-c1cccc(-c3c([2H])c([2H])c4c(c3[2H])C(C([2H])([2H])[2H])(C([2H])([2H])[2H])C([2H])([2H])C([2H])([2H])C4(C([2H])([2H])[2H])C([2H])([2H])[2H])c1-[n+]1[c-]n(-c3[c-]c(N(c4[c-]c5c(cc4)c4ccccc4n5-c4cc(C(C)(C)C)ccn4)c4nc(C(C)(C)C)cc(C(C)(C)C)n4)ccc3)c3ccccc31)C(C([2H])([2H])[2H])(C([2H])([2H])[2H])C([2H])([2H])C([2H])([2H])C2(C([2H])([2H])[2H])C([2H])([2H])[2H].[Pt]. The fourth-order valence-electron chi connectivity index (χ4n) is 11.0. The molecule has 0 aliphatic heterocycles. The average Bonchev–Trinajstić information content (AvgIpc) is 0.692. The van der Waals surface area contributed by atoms with Crippen LogP contribution in [0.25, 0.3) is 72.3 Å². The van der Waals surface area contributed by atoms with Crippen molar-refractivity contribution < 1.29 is 77.7 Å². The number of aromatic nitrogens is 6. The van der Waals surface area contributed by atoms with Gasteiger partial charge in [-0.15, -0.1) is 23.6 Å². The Hall–Kier alpha value is -7.47. The number of fused-ring (bicyclic) bond motifs is 6. The molecule has 0 radical (unpaired) electrons. The fourth-order valence-corrected chi connectivity index (χ4v) is 11.0. The summed E-state index contributed by atoms with van der Waals surface area (Å²) in [6.45, 7) is -18.6. The van der Waals surface area contributed by atoms with Gasteiger partial charge in [0.2, 0.25) is 5.95 Å². The Morgan fingerprint density at radius 3 is 1.68 bits per heavy atom. The van der Waals surface area contributed by atoms with Crippen molar-refractivity contribution in [3.8, 4) is 39.4 Å². The minimum atomic E-state index is -4.88. The standard InChI is InChI=1S/C80H85N7.Pt/c1-74(2,3)53-38-43-81-71(46-53)87-65-29-19-18-26-59(65)60-35-34-56(48-68(60)87)86(73-82-69(75(4,5)6)49-70(83-73)76(7,8)9)55-25-22-24-54(47-55)84-50-85(67-31-21-20-30-66(67)84)72-57(51-32-36-61-63(44-51)79(14,15)41-39-77(61,10)11)27-23-28-58(72)52-33-37-62-64(45-52)80(16,17)42-40-78(62,12)13;/h18-38,43-46,49H,39-42H2,1-17H3;/q-2;/i10D3,11D3,12D3,13D3,14D3,15D3,16D3,17D3,32D,33D,36D,37D,39D2,40D2,41D2,42D2,44D,45D;. The molecule has 4 heterocycles. The molecule has 0 fully saturated rings. The van der Waals surface area contributed by atoms with Crippen molar-refractivity contribution in [1.82, 2.24) is 24.1 Å². The van der Waals surface area contributed by atoms with Crippen molar-refractivity contribution in [2.75, 3.05) is 4.90 Å². The largest absolute Gasteiger partial charge is 0.328 e. The van der Waals surface area contributed by atoms with E-state index >= 15 is 0 Å². The molecule has 2 aliphatic rings. The summed E-state index contributed by atoms with van der Waals surface area (Å²) < 4.78 is 361. The third-order valence-corrected chi connectivity index (χ3v) is 15.7. The number of hydrogen-bond donors (Lipinski definition) is 0. The summed E-state index contributed by atoms with van der Waals surface area (Å²) in [7, 11) is 0. The minimum absolute atomic E-state index is 0. The van der Waals surface area contributed by atoms with Crippen LogP contribution in [0, 0.1) is 18.5 Å². The van der Waals surface area contributed by atoms with Crippen molar-refractivity contribution in [3.05, 3.63) is 215 Å². The summed E-state index contributed by atoms with van der Waals surface area (Å²) in [6, 6.07) is 27.1. The average molecular weight is 1380 g/mol. The van der Waals surface area contributed by atoms with Crippen LogP contribution in [-0.4, -0.2) is 24.1 Å². The zero-order chi connectivity index (χ0) is 93.9. The molecule has 0 saturated heterocycles. The monoisotopic (exact) mass is 1380 g/mol. The predicted octanol–water partition coefficient (Wildman–Crippen LogP) is 20.0. The van der Waals surface area contributed by atoms with Crippen molar-refractivity contribution in [3.63, 3.8) is 0 Å². The number of imidazole rings is 1. The van der Waals surface area contributed by atoms with Gasteiger partial charge in [-0.05, 0) is 138 Å². The summed E-state index contributed by atoms with van der Waals surface area (Å²) >= 11 is 0. The molecule has 4 aromatic heterocycles. The predicted molar refractivity (Wildman–Crippen MR) is 361 cm³/mol. The molecule has 11 aromatic rings.